The first-order valence-corrected chi connectivity index (χ1v) is 8.44. The highest BCUT2D eigenvalue weighted by atomic mass is 32.1. The van der Waals surface area contributed by atoms with Crippen molar-refractivity contribution in [1.82, 2.24) is 15.2 Å². The first-order valence-electron chi connectivity index (χ1n) is 7.56. The highest BCUT2D eigenvalue weighted by molar-refractivity contribution is 7.10. The Bertz CT molecular complexity index is 581. The molecule has 0 spiro atoms. The van der Waals surface area contributed by atoms with Crippen molar-refractivity contribution in [1.29, 1.82) is 0 Å². The molecule has 6 heteroatoms. The summed E-state index contributed by atoms with van der Waals surface area (Å²) in [6.45, 7) is 2.82. The van der Waals surface area contributed by atoms with Crippen molar-refractivity contribution < 1.29 is 4.79 Å². The number of pyridine rings is 1. The van der Waals surface area contributed by atoms with Gasteiger partial charge in [-0.2, -0.15) is 0 Å². The van der Waals surface area contributed by atoms with Gasteiger partial charge in [0.25, 0.3) is 0 Å². The molecule has 0 saturated carbocycles. The smallest absolute Gasteiger partial charge is 0.320 e. The lowest BCUT2D eigenvalue weighted by Crippen LogP contribution is -2.38. The van der Waals surface area contributed by atoms with Crippen molar-refractivity contribution in [2.75, 3.05) is 25.0 Å². The zero-order chi connectivity index (χ0) is 15.2. The van der Waals surface area contributed by atoms with Gasteiger partial charge < -0.3 is 5.32 Å². The first-order chi connectivity index (χ1) is 10.8. The third kappa shape index (κ3) is 3.84. The number of carbonyl (C=O) groups excluding carboxylic acids is 1. The largest absolute Gasteiger partial charge is 0.336 e. The number of thiophene rings is 1. The number of rotatable bonds is 5. The highest BCUT2D eigenvalue weighted by Gasteiger charge is 2.24. The third-order valence-electron chi connectivity index (χ3n) is 3.82. The summed E-state index contributed by atoms with van der Waals surface area (Å²) in [6.07, 6.45) is 4.14. The van der Waals surface area contributed by atoms with E-state index in [1.807, 2.05) is 12.1 Å². The van der Waals surface area contributed by atoms with Crippen LogP contribution in [0.15, 0.2) is 41.9 Å². The monoisotopic (exact) mass is 316 g/mol. The molecule has 2 amide bonds. The van der Waals surface area contributed by atoms with Gasteiger partial charge in [0.05, 0.1) is 6.04 Å². The predicted molar refractivity (Wildman–Crippen MR) is 89.1 cm³/mol. The molecule has 5 nitrogen and oxygen atoms in total. The average molecular weight is 316 g/mol. The predicted octanol–water partition coefficient (Wildman–Crippen LogP) is 3.10. The van der Waals surface area contributed by atoms with Crippen molar-refractivity contribution in [3.05, 3.63) is 46.8 Å². The number of likely N-dealkylation sites (tertiary alicyclic amines) is 1. The SMILES string of the molecule is O=C(NC[C@H](c1cccs1)N1CCCC1)Nc1ccccn1. The Morgan fingerprint density at radius 1 is 1.27 bits per heavy atom. The number of urea groups is 1. The van der Waals surface area contributed by atoms with Gasteiger partial charge in [0.1, 0.15) is 5.82 Å². The van der Waals surface area contributed by atoms with Crippen molar-refractivity contribution in [2.24, 2.45) is 0 Å². The van der Waals surface area contributed by atoms with Crippen molar-refractivity contribution in [3.8, 4) is 0 Å². The maximum Gasteiger partial charge on any atom is 0.320 e. The van der Waals surface area contributed by atoms with Crippen LogP contribution in [-0.4, -0.2) is 35.5 Å². The fourth-order valence-electron chi connectivity index (χ4n) is 2.73. The second kappa shape index (κ2) is 7.38. The second-order valence-corrected chi connectivity index (χ2v) is 6.30. The van der Waals surface area contributed by atoms with E-state index in [2.05, 4.69) is 38.0 Å². The Labute approximate surface area is 134 Å². The van der Waals surface area contributed by atoms with Gasteiger partial charge in [-0.1, -0.05) is 12.1 Å². The number of hydrogen-bond acceptors (Lipinski definition) is 4. The Hall–Kier alpha value is -1.92. The fraction of sp³-hybridized carbons (Fsp3) is 0.375. The Balaban J connectivity index is 1.58. The lowest BCUT2D eigenvalue weighted by molar-refractivity contribution is 0.229. The van der Waals surface area contributed by atoms with E-state index in [0.717, 1.165) is 13.1 Å². The summed E-state index contributed by atoms with van der Waals surface area (Å²) in [5, 5.41) is 7.82. The normalized spacial score (nSPS) is 16.4. The van der Waals surface area contributed by atoms with Gasteiger partial charge >= 0.3 is 6.03 Å². The van der Waals surface area contributed by atoms with Crippen LogP contribution in [0.3, 0.4) is 0 Å². The maximum absolute atomic E-state index is 12.0. The Kier molecular flexibility index (Phi) is 5.03. The minimum atomic E-state index is -0.209. The summed E-state index contributed by atoms with van der Waals surface area (Å²) in [6, 6.07) is 9.71. The van der Waals surface area contributed by atoms with Gasteiger partial charge in [0.15, 0.2) is 0 Å². The number of nitrogens with zero attached hydrogens (tertiary/aromatic N) is 2. The van der Waals surface area contributed by atoms with Crippen molar-refractivity contribution in [2.45, 2.75) is 18.9 Å². The van der Waals surface area contributed by atoms with E-state index in [0.29, 0.717) is 12.4 Å². The van der Waals surface area contributed by atoms with Crippen LogP contribution in [0.5, 0.6) is 0 Å². The fourth-order valence-corrected chi connectivity index (χ4v) is 3.59. The van der Waals surface area contributed by atoms with Crippen molar-refractivity contribution >= 4 is 23.2 Å². The van der Waals surface area contributed by atoms with E-state index in [1.165, 1.54) is 17.7 Å². The lowest BCUT2D eigenvalue weighted by Gasteiger charge is -2.26. The molecule has 22 heavy (non-hydrogen) atoms. The van der Waals surface area contributed by atoms with E-state index in [4.69, 9.17) is 0 Å². The van der Waals surface area contributed by atoms with Crippen molar-refractivity contribution in [3.63, 3.8) is 0 Å². The minimum absolute atomic E-state index is 0.209. The topological polar surface area (TPSA) is 57.3 Å². The van der Waals surface area contributed by atoms with Gasteiger partial charge in [-0.15, -0.1) is 11.3 Å². The van der Waals surface area contributed by atoms with E-state index >= 15 is 0 Å². The van der Waals surface area contributed by atoms with Gasteiger partial charge in [0, 0.05) is 17.6 Å². The molecule has 2 aromatic heterocycles. The number of anilines is 1. The standard InChI is InChI=1S/C16H20N4OS/c21-16(19-15-7-1-2-8-17-15)18-12-13(14-6-5-11-22-14)20-9-3-4-10-20/h1-2,5-8,11,13H,3-4,9-10,12H2,(H2,17,18,19,21)/t13-/m1/s1. The molecule has 1 aliphatic rings. The van der Waals surface area contributed by atoms with Crippen LogP contribution in [0.25, 0.3) is 0 Å². The molecule has 116 valence electrons. The van der Waals surface area contributed by atoms with Crippen LogP contribution < -0.4 is 10.6 Å². The summed E-state index contributed by atoms with van der Waals surface area (Å²) in [5.41, 5.74) is 0. The van der Waals surface area contributed by atoms with Gasteiger partial charge in [-0.3, -0.25) is 10.2 Å². The molecule has 1 fully saturated rings. The zero-order valence-electron chi connectivity index (χ0n) is 12.4. The summed E-state index contributed by atoms with van der Waals surface area (Å²) in [7, 11) is 0. The van der Waals surface area contributed by atoms with E-state index < -0.39 is 0 Å². The van der Waals surface area contributed by atoms with Crippen LogP contribution in [0.2, 0.25) is 0 Å². The van der Waals surface area contributed by atoms with Crippen LogP contribution in [-0.2, 0) is 0 Å². The molecule has 1 aliphatic heterocycles. The molecule has 0 unspecified atom stereocenters. The third-order valence-corrected chi connectivity index (χ3v) is 4.79. The first kappa shape index (κ1) is 15.0. The number of aromatic nitrogens is 1. The summed E-state index contributed by atoms with van der Waals surface area (Å²) in [5.74, 6) is 0.564. The van der Waals surface area contributed by atoms with Crippen LogP contribution in [0.1, 0.15) is 23.8 Å². The summed E-state index contributed by atoms with van der Waals surface area (Å²) in [4.78, 5) is 19.9. The van der Waals surface area contributed by atoms with Crippen LogP contribution in [0.4, 0.5) is 10.6 Å². The number of carbonyl (C=O) groups is 1. The van der Waals surface area contributed by atoms with Crippen LogP contribution >= 0.6 is 11.3 Å². The van der Waals surface area contributed by atoms with Gasteiger partial charge in [-0.25, -0.2) is 9.78 Å². The van der Waals surface area contributed by atoms with E-state index in [-0.39, 0.29) is 12.1 Å². The zero-order valence-corrected chi connectivity index (χ0v) is 13.2. The molecule has 2 aromatic rings. The lowest BCUT2D eigenvalue weighted by atomic mass is 10.2. The van der Waals surface area contributed by atoms with E-state index in [9.17, 15) is 4.79 Å². The maximum atomic E-state index is 12.0. The quantitative estimate of drug-likeness (QED) is 0.891. The summed E-state index contributed by atoms with van der Waals surface area (Å²) >= 11 is 1.75. The molecule has 3 rings (SSSR count). The molecule has 0 bridgehead atoms. The average Bonchev–Trinajstić information content (AvgIpc) is 3.22. The molecule has 0 aromatic carbocycles. The molecule has 1 saturated heterocycles. The Morgan fingerprint density at radius 2 is 2.14 bits per heavy atom. The van der Waals surface area contributed by atoms with Gasteiger partial charge in [-0.05, 0) is 49.5 Å². The molecule has 1 atom stereocenters. The second-order valence-electron chi connectivity index (χ2n) is 5.32. The number of amides is 2. The highest BCUT2D eigenvalue weighted by Crippen LogP contribution is 2.27. The number of nitrogens with one attached hydrogen (secondary N) is 2. The molecular weight excluding hydrogens is 296 g/mol. The molecular formula is C16H20N4OS. The Morgan fingerprint density at radius 3 is 2.82 bits per heavy atom. The molecule has 0 radical (unpaired) electrons. The van der Waals surface area contributed by atoms with Gasteiger partial charge in [0.2, 0.25) is 0 Å². The van der Waals surface area contributed by atoms with Crippen LogP contribution in [0, 0.1) is 0 Å². The molecule has 2 N–H and O–H groups in total. The summed E-state index contributed by atoms with van der Waals surface area (Å²) < 4.78 is 0. The molecule has 0 aliphatic carbocycles. The van der Waals surface area contributed by atoms with E-state index in [1.54, 1.807) is 23.6 Å². The number of hydrogen-bond donors (Lipinski definition) is 2. The minimum Gasteiger partial charge on any atom is -0.336 e. The molecule has 3 heterocycles.